The van der Waals surface area contributed by atoms with Gasteiger partial charge in [0.05, 0.1) is 0 Å². The second kappa shape index (κ2) is 6.49. The van der Waals surface area contributed by atoms with Crippen LogP contribution in [0.15, 0.2) is 6.33 Å². The minimum Gasteiger partial charge on any atom is -0.375 e. The van der Waals surface area contributed by atoms with E-state index in [2.05, 4.69) is 10.1 Å². The third-order valence-corrected chi connectivity index (χ3v) is 2.13. The fraction of sp³-hybridized carbons (Fsp3) is 0.778. The molecule has 0 radical (unpaired) electrons. The van der Waals surface area contributed by atoms with E-state index in [1.54, 1.807) is 11.7 Å². The van der Waals surface area contributed by atoms with E-state index in [9.17, 15) is 8.78 Å². The summed E-state index contributed by atoms with van der Waals surface area (Å²) in [7, 11) is 1.78. The van der Waals surface area contributed by atoms with Gasteiger partial charge in [-0.1, -0.05) is 0 Å². The van der Waals surface area contributed by atoms with Crippen LogP contribution in [0.25, 0.3) is 0 Å². The highest BCUT2D eigenvalue weighted by atomic mass is 19.3. The number of halogens is 2. The van der Waals surface area contributed by atoms with Crippen LogP contribution < -0.4 is 5.73 Å². The molecule has 0 aliphatic rings. The van der Waals surface area contributed by atoms with Gasteiger partial charge in [-0.2, -0.15) is 5.10 Å². The molecule has 7 heteroatoms. The van der Waals surface area contributed by atoms with Crippen molar-refractivity contribution in [3.8, 4) is 0 Å². The molecule has 1 aromatic heterocycles. The Bertz CT molecular complexity index is 305. The molecule has 0 aromatic carbocycles. The zero-order chi connectivity index (χ0) is 12.0. The van der Waals surface area contributed by atoms with Crippen molar-refractivity contribution < 1.29 is 13.5 Å². The van der Waals surface area contributed by atoms with Crippen LogP contribution in [0, 0.1) is 0 Å². The first-order chi connectivity index (χ1) is 7.59. The Morgan fingerprint density at radius 1 is 1.56 bits per heavy atom. The van der Waals surface area contributed by atoms with E-state index < -0.39 is 13.0 Å². The van der Waals surface area contributed by atoms with E-state index in [0.29, 0.717) is 12.8 Å². The number of aromatic nitrogens is 3. The number of alkyl halides is 2. The van der Waals surface area contributed by atoms with Crippen LogP contribution in [0.3, 0.4) is 0 Å². The van der Waals surface area contributed by atoms with Gasteiger partial charge in [0.15, 0.2) is 0 Å². The molecule has 1 aromatic rings. The molecule has 1 unspecified atom stereocenters. The SMILES string of the molecule is Cn1ncnc1CC(N)CCOCC(F)F. The lowest BCUT2D eigenvalue weighted by Crippen LogP contribution is -2.26. The maximum absolute atomic E-state index is 11.7. The molecule has 0 amide bonds. The van der Waals surface area contributed by atoms with E-state index >= 15 is 0 Å². The summed E-state index contributed by atoms with van der Waals surface area (Å²) < 4.78 is 29.9. The normalized spacial score (nSPS) is 13.3. The van der Waals surface area contributed by atoms with Crippen molar-refractivity contribution in [1.29, 1.82) is 0 Å². The van der Waals surface area contributed by atoms with Gasteiger partial charge < -0.3 is 10.5 Å². The molecule has 5 nitrogen and oxygen atoms in total. The third kappa shape index (κ3) is 4.63. The lowest BCUT2D eigenvalue weighted by molar-refractivity contribution is 0.0152. The fourth-order valence-electron chi connectivity index (χ4n) is 1.25. The maximum Gasteiger partial charge on any atom is 0.261 e. The monoisotopic (exact) mass is 234 g/mol. The Hall–Kier alpha value is -1.08. The number of hydrogen-bond acceptors (Lipinski definition) is 4. The summed E-state index contributed by atoms with van der Waals surface area (Å²) in [5.41, 5.74) is 5.80. The quantitative estimate of drug-likeness (QED) is 0.692. The smallest absolute Gasteiger partial charge is 0.261 e. The minimum absolute atomic E-state index is 0.152. The Balaban J connectivity index is 2.16. The van der Waals surface area contributed by atoms with Gasteiger partial charge in [-0.3, -0.25) is 4.68 Å². The van der Waals surface area contributed by atoms with Crippen molar-refractivity contribution in [3.63, 3.8) is 0 Å². The zero-order valence-corrected chi connectivity index (χ0v) is 9.14. The van der Waals surface area contributed by atoms with Gasteiger partial charge in [-0.15, -0.1) is 0 Å². The van der Waals surface area contributed by atoms with Gasteiger partial charge in [0.1, 0.15) is 18.8 Å². The molecular formula is C9H16F2N4O. The van der Waals surface area contributed by atoms with Crippen molar-refractivity contribution >= 4 is 0 Å². The topological polar surface area (TPSA) is 66.0 Å². The Labute approximate surface area is 92.6 Å². The first kappa shape index (κ1) is 13.0. The van der Waals surface area contributed by atoms with Gasteiger partial charge in [0.25, 0.3) is 6.43 Å². The molecule has 1 rings (SSSR count). The first-order valence-electron chi connectivity index (χ1n) is 5.04. The predicted octanol–water partition coefficient (Wildman–Crippen LogP) is 0.357. The van der Waals surface area contributed by atoms with Crippen LogP contribution >= 0.6 is 0 Å². The molecular weight excluding hydrogens is 218 g/mol. The zero-order valence-electron chi connectivity index (χ0n) is 9.14. The van der Waals surface area contributed by atoms with E-state index in [1.165, 1.54) is 6.33 Å². The summed E-state index contributed by atoms with van der Waals surface area (Å²) in [4.78, 5) is 4.02. The lowest BCUT2D eigenvalue weighted by Gasteiger charge is -2.10. The summed E-state index contributed by atoms with van der Waals surface area (Å²) >= 11 is 0. The molecule has 1 heterocycles. The summed E-state index contributed by atoms with van der Waals surface area (Å²) in [6.07, 6.45) is 0.124. The van der Waals surface area contributed by atoms with Crippen molar-refractivity contribution in [2.45, 2.75) is 25.3 Å². The highest BCUT2D eigenvalue weighted by Crippen LogP contribution is 2.01. The van der Waals surface area contributed by atoms with Gasteiger partial charge in [0, 0.05) is 26.1 Å². The molecule has 2 N–H and O–H groups in total. The van der Waals surface area contributed by atoms with E-state index in [0.717, 1.165) is 5.82 Å². The predicted molar refractivity (Wildman–Crippen MR) is 54.1 cm³/mol. The van der Waals surface area contributed by atoms with Gasteiger partial charge in [0.2, 0.25) is 0 Å². The molecule has 1 atom stereocenters. The summed E-state index contributed by atoms with van der Waals surface area (Å²) in [5, 5.41) is 3.91. The second-order valence-electron chi connectivity index (χ2n) is 3.52. The number of hydrogen-bond donors (Lipinski definition) is 1. The standard InChI is InChI=1S/C9H16F2N4O/c1-15-9(13-6-14-15)4-7(12)2-3-16-5-8(10)11/h6-8H,2-5,12H2,1H3. The maximum atomic E-state index is 11.7. The highest BCUT2D eigenvalue weighted by Gasteiger charge is 2.09. The average molecular weight is 234 g/mol. The van der Waals surface area contributed by atoms with E-state index in [4.69, 9.17) is 10.5 Å². The van der Waals surface area contributed by atoms with Gasteiger partial charge in [-0.25, -0.2) is 13.8 Å². The molecule has 0 saturated carbocycles. The molecule has 92 valence electrons. The molecule has 0 saturated heterocycles. The number of nitrogens with two attached hydrogens (primary N) is 1. The van der Waals surface area contributed by atoms with Crippen LogP contribution in [-0.2, 0) is 18.2 Å². The molecule has 0 aliphatic heterocycles. The summed E-state index contributed by atoms with van der Waals surface area (Å²) in [6, 6.07) is -0.152. The number of rotatable bonds is 7. The average Bonchev–Trinajstić information content (AvgIpc) is 2.59. The molecule has 0 fully saturated rings. The Morgan fingerprint density at radius 2 is 2.31 bits per heavy atom. The number of aryl methyl sites for hydroxylation is 1. The third-order valence-electron chi connectivity index (χ3n) is 2.13. The first-order valence-corrected chi connectivity index (χ1v) is 5.04. The van der Waals surface area contributed by atoms with Crippen LogP contribution in [-0.4, -0.2) is 40.4 Å². The largest absolute Gasteiger partial charge is 0.375 e. The van der Waals surface area contributed by atoms with Crippen LogP contribution in [0.2, 0.25) is 0 Å². The van der Waals surface area contributed by atoms with Crippen LogP contribution in [0.5, 0.6) is 0 Å². The highest BCUT2D eigenvalue weighted by molar-refractivity contribution is 4.87. The van der Waals surface area contributed by atoms with E-state index in [1.807, 2.05) is 0 Å². The molecule has 0 aliphatic carbocycles. The number of ether oxygens (including phenoxy) is 1. The lowest BCUT2D eigenvalue weighted by atomic mass is 10.1. The van der Waals surface area contributed by atoms with Crippen molar-refractivity contribution in [3.05, 3.63) is 12.2 Å². The summed E-state index contributed by atoms with van der Waals surface area (Å²) in [6.45, 7) is -0.292. The van der Waals surface area contributed by atoms with Crippen molar-refractivity contribution in [2.24, 2.45) is 12.8 Å². The Morgan fingerprint density at radius 3 is 2.88 bits per heavy atom. The second-order valence-corrected chi connectivity index (χ2v) is 3.52. The molecule has 16 heavy (non-hydrogen) atoms. The van der Waals surface area contributed by atoms with Crippen LogP contribution in [0.4, 0.5) is 8.78 Å². The van der Waals surface area contributed by atoms with Gasteiger partial charge in [-0.05, 0) is 6.42 Å². The van der Waals surface area contributed by atoms with Crippen molar-refractivity contribution in [1.82, 2.24) is 14.8 Å². The Kier molecular flexibility index (Phi) is 5.27. The minimum atomic E-state index is -2.42. The van der Waals surface area contributed by atoms with E-state index in [-0.39, 0.29) is 12.6 Å². The van der Waals surface area contributed by atoms with Crippen LogP contribution in [0.1, 0.15) is 12.2 Å². The van der Waals surface area contributed by atoms with Gasteiger partial charge >= 0.3 is 0 Å². The number of nitrogens with zero attached hydrogens (tertiary/aromatic N) is 3. The fourth-order valence-corrected chi connectivity index (χ4v) is 1.25. The molecule has 0 bridgehead atoms. The van der Waals surface area contributed by atoms with Crippen molar-refractivity contribution in [2.75, 3.05) is 13.2 Å². The summed E-state index contributed by atoms with van der Waals surface area (Å²) in [5.74, 6) is 0.779. The molecule has 0 spiro atoms.